The van der Waals surface area contributed by atoms with Gasteiger partial charge in [0, 0.05) is 45.0 Å². The minimum Gasteiger partial charge on any atom is -0.336 e. The Bertz CT molecular complexity index is 723. The first-order valence-electron chi connectivity index (χ1n) is 9.47. The molecule has 1 aromatic heterocycles. The average Bonchev–Trinajstić information content (AvgIpc) is 3.21. The molecule has 2 amide bonds. The summed E-state index contributed by atoms with van der Waals surface area (Å²) >= 11 is 0. The first kappa shape index (κ1) is 17.0. The van der Waals surface area contributed by atoms with Crippen LogP contribution in [-0.4, -0.2) is 69.6 Å². The van der Waals surface area contributed by atoms with Crippen molar-refractivity contribution in [1.82, 2.24) is 30.1 Å². The lowest BCUT2D eigenvalue weighted by molar-refractivity contribution is 0.101. The molecule has 1 aliphatic carbocycles. The topological polar surface area (TPSA) is 66.3 Å². The molecule has 0 saturated carbocycles. The maximum atomic E-state index is 12.3. The molecule has 1 fully saturated rings. The quantitative estimate of drug-likeness (QED) is 0.895. The number of carbonyl (C=O) groups is 1. The molecule has 1 aliphatic heterocycles. The maximum absolute atomic E-state index is 12.3. The monoisotopic (exact) mass is 354 g/mol. The van der Waals surface area contributed by atoms with Gasteiger partial charge in [0.2, 0.25) is 0 Å². The van der Waals surface area contributed by atoms with Crippen LogP contribution in [0.2, 0.25) is 0 Å². The van der Waals surface area contributed by atoms with Gasteiger partial charge in [0.25, 0.3) is 0 Å². The predicted octanol–water partition coefficient (Wildman–Crippen LogP) is 1.16. The molecule has 0 spiro atoms. The number of fused-ring (bicyclic) bond motifs is 1. The van der Waals surface area contributed by atoms with Crippen LogP contribution in [0.3, 0.4) is 0 Å². The van der Waals surface area contributed by atoms with E-state index in [2.05, 4.69) is 44.8 Å². The molecule has 2 aromatic rings. The van der Waals surface area contributed by atoms with Gasteiger partial charge in [-0.3, -0.25) is 9.58 Å². The first-order valence-corrected chi connectivity index (χ1v) is 9.47. The zero-order valence-electron chi connectivity index (χ0n) is 15.0. The molecule has 0 bridgehead atoms. The van der Waals surface area contributed by atoms with E-state index in [1.165, 1.54) is 24.0 Å². The summed E-state index contributed by atoms with van der Waals surface area (Å²) in [5, 5.41) is 10.6. The highest BCUT2D eigenvalue weighted by atomic mass is 16.2. The summed E-state index contributed by atoms with van der Waals surface area (Å²) in [4.78, 5) is 16.8. The number of aryl methyl sites for hydroxylation is 1. The van der Waals surface area contributed by atoms with Gasteiger partial charge in [-0.05, 0) is 30.4 Å². The molecule has 2 heterocycles. The van der Waals surface area contributed by atoms with Crippen LogP contribution in [0.15, 0.2) is 36.7 Å². The Morgan fingerprint density at radius 2 is 1.96 bits per heavy atom. The number of hydrogen-bond donors (Lipinski definition) is 1. The van der Waals surface area contributed by atoms with Crippen molar-refractivity contribution in [2.75, 3.05) is 32.7 Å². The molecule has 1 atom stereocenters. The van der Waals surface area contributed by atoms with Gasteiger partial charge in [0.05, 0.1) is 12.7 Å². The Balaban J connectivity index is 1.22. The summed E-state index contributed by atoms with van der Waals surface area (Å²) in [5.74, 6) is 0. The summed E-state index contributed by atoms with van der Waals surface area (Å²) in [7, 11) is 0. The van der Waals surface area contributed by atoms with Gasteiger partial charge in [-0.15, -0.1) is 5.10 Å². The van der Waals surface area contributed by atoms with Crippen LogP contribution in [0, 0.1) is 0 Å². The minimum absolute atomic E-state index is 0.0266. The largest absolute Gasteiger partial charge is 0.336 e. The molecule has 138 valence electrons. The summed E-state index contributed by atoms with van der Waals surface area (Å²) in [6, 6.07) is 9.44. The fourth-order valence-corrected chi connectivity index (χ4v) is 4.02. The summed E-state index contributed by atoms with van der Waals surface area (Å²) in [6.45, 7) is 4.74. The van der Waals surface area contributed by atoms with Crippen molar-refractivity contribution in [3.63, 3.8) is 0 Å². The molecule has 26 heavy (non-hydrogen) atoms. The molecule has 1 saturated heterocycles. The van der Waals surface area contributed by atoms with E-state index in [9.17, 15) is 4.79 Å². The highest BCUT2D eigenvalue weighted by Crippen LogP contribution is 2.25. The molecule has 7 heteroatoms. The molecule has 0 radical (unpaired) electrons. The van der Waals surface area contributed by atoms with E-state index in [-0.39, 0.29) is 6.03 Å². The lowest BCUT2D eigenvalue weighted by Crippen LogP contribution is -2.55. The minimum atomic E-state index is 0.0266. The van der Waals surface area contributed by atoms with E-state index >= 15 is 0 Å². The van der Waals surface area contributed by atoms with Gasteiger partial charge in [0.1, 0.15) is 0 Å². The number of rotatable bonds is 4. The number of amides is 2. The van der Waals surface area contributed by atoms with Crippen molar-refractivity contribution in [2.24, 2.45) is 0 Å². The van der Waals surface area contributed by atoms with Crippen molar-refractivity contribution in [1.29, 1.82) is 0 Å². The number of nitrogens with zero attached hydrogens (tertiary/aromatic N) is 5. The standard InChI is InChI=1S/C19H26N6O/c26-19(20-7-9-25-10-8-21-22-25)24-13-11-23(12-14-24)18-6-5-16-3-1-2-4-17(16)15-18/h1-4,8,10,18H,5-7,9,11-15H2,(H,20,26). The van der Waals surface area contributed by atoms with Gasteiger partial charge in [-0.2, -0.15) is 0 Å². The van der Waals surface area contributed by atoms with Gasteiger partial charge in [0.15, 0.2) is 0 Å². The predicted molar refractivity (Wildman–Crippen MR) is 98.8 cm³/mol. The van der Waals surface area contributed by atoms with Gasteiger partial charge < -0.3 is 10.2 Å². The van der Waals surface area contributed by atoms with Crippen LogP contribution in [0.25, 0.3) is 0 Å². The third-order valence-corrected chi connectivity index (χ3v) is 5.53. The van der Waals surface area contributed by atoms with Gasteiger partial charge in [-0.1, -0.05) is 29.5 Å². The van der Waals surface area contributed by atoms with E-state index in [4.69, 9.17) is 0 Å². The molecule has 1 unspecified atom stereocenters. The maximum Gasteiger partial charge on any atom is 0.317 e. The average molecular weight is 354 g/mol. The zero-order valence-corrected chi connectivity index (χ0v) is 15.0. The van der Waals surface area contributed by atoms with E-state index in [1.807, 2.05) is 4.90 Å². The lowest BCUT2D eigenvalue weighted by atomic mass is 9.87. The summed E-state index contributed by atoms with van der Waals surface area (Å²) < 4.78 is 1.72. The van der Waals surface area contributed by atoms with Crippen molar-refractivity contribution in [3.05, 3.63) is 47.8 Å². The Hall–Kier alpha value is -2.41. The van der Waals surface area contributed by atoms with Crippen LogP contribution >= 0.6 is 0 Å². The first-order chi connectivity index (χ1) is 12.8. The number of urea groups is 1. The van der Waals surface area contributed by atoms with E-state index in [1.54, 1.807) is 17.1 Å². The number of carbonyl (C=O) groups excluding carboxylic acids is 1. The van der Waals surface area contributed by atoms with Gasteiger partial charge >= 0.3 is 6.03 Å². The number of benzene rings is 1. The van der Waals surface area contributed by atoms with Crippen LogP contribution in [0.5, 0.6) is 0 Å². The van der Waals surface area contributed by atoms with Crippen LogP contribution < -0.4 is 5.32 Å². The summed E-state index contributed by atoms with van der Waals surface area (Å²) in [6.07, 6.45) is 6.98. The van der Waals surface area contributed by atoms with E-state index < -0.39 is 0 Å². The fraction of sp³-hybridized carbons (Fsp3) is 0.526. The second-order valence-corrected chi connectivity index (χ2v) is 7.09. The molecule has 1 aromatic carbocycles. The van der Waals surface area contributed by atoms with Crippen LogP contribution in [0.4, 0.5) is 4.79 Å². The third-order valence-electron chi connectivity index (χ3n) is 5.53. The molecule has 4 rings (SSSR count). The molecule has 2 aliphatic rings. The van der Waals surface area contributed by atoms with E-state index in [0.29, 0.717) is 19.1 Å². The molecular weight excluding hydrogens is 328 g/mol. The fourth-order valence-electron chi connectivity index (χ4n) is 4.02. The number of piperazine rings is 1. The molecule has 1 N–H and O–H groups in total. The second kappa shape index (κ2) is 7.86. The highest BCUT2D eigenvalue weighted by Gasteiger charge is 2.28. The van der Waals surface area contributed by atoms with E-state index in [0.717, 1.165) is 32.6 Å². The lowest BCUT2D eigenvalue weighted by Gasteiger charge is -2.41. The molecular formula is C19H26N6O. The van der Waals surface area contributed by atoms with Crippen LogP contribution in [-0.2, 0) is 19.4 Å². The SMILES string of the molecule is O=C(NCCn1ccnn1)N1CCN(C2CCc3ccccc3C2)CC1. The number of aromatic nitrogens is 3. The Morgan fingerprint density at radius 3 is 2.73 bits per heavy atom. The van der Waals surface area contributed by atoms with Crippen molar-refractivity contribution in [3.8, 4) is 0 Å². The van der Waals surface area contributed by atoms with Gasteiger partial charge in [-0.25, -0.2) is 4.79 Å². The number of hydrogen-bond acceptors (Lipinski definition) is 4. The molecule has 7 nitrogen and oxygen atoms in total. The van der Waals surface area contributed by atoms with Crippen molar-refractivity contribution in [2.45, 2.75) is 31.8 Å². The third kappa shape index (κ3) is 3.88. The smallest absolute Gasteiger partial charge is 0.317 e. The van der Waals surface area contributed by atoms with Crippen LogP contribution in [0.1, 0.15) is 17.5 Å². The normalized spacial score (nSPS) is 20.6. The van der Waals surface area contributed by atoms with Crippen molar-refractivity contribution >= 4 is 6.03 Å². The zero-order chi connectivity index (χ0) is 17.8. The van der Waals surface area contributed by atoms with Crippen molar-refractivity contribution < 1.29 is 4.79 Å². The number of nitrogens with one attached hydrogen (secondary N) is 1. The summed E-state index contributed by atoms with van der Waals surface area (Å²) in [5.41, 5.74) is 3.01. The Kier molecular flexibility index (Phi) is 5.15. The second-order valence-electron chi connectivity index (χ2n) is 7.09. The Morgan fingerprint density at radius 1 is 1.15 bits per heavy atom. The Labute approximate surface area is 154 Å². The highest BCUT2D eigenvalue weighted by molar-refractivity contribution is 5.74.